The molecule has 0 aliphatic heterocycles. The number of hydrogen-bond acceptors (Lipinski definition) is 4. The summed E-state index contributed by atoms with van der Waals surface area (Å²) in [6.45, 7) is 2.53. The van der Waals surface area contributed by atoms with Crippen LogP contribution >= 0.6 is 27.7 Å². The Kier molecular flexibility index (Phi) is 4.71. The number of methoxy groups -OCH3 is 1. The maximum atomic E-state index is 11.5. The molecular weight excluding hydrogens is 330 g/mol. The maximum Gasteiger partial charge on any atom is 0.343 e. The first-order chi connectivity index (χ1) is 9.15. The van der Waals surface area contributed by atoms with Crippen LogP contribution in [0.4, 0.5) is 0 Å². The lowest BCUT2D eigenvalue weighted by atomic mass is 10.2. The van der Waals surface area contributed by atoms with Gasteiger partial charge in [-0.3, -0.25) is 4.57 Å². The molecule has 5 nitrogen and oxygen atoms in total. The highest BCUT2D eigenvalue weighted by Gasteiger charge is 2.09. The number of ether oxygens (including phenoxy) is 1. The van der Waals surface area contributed by atoms with Gasteiger partial charge in [-0.2, -0.15) is 0 Å². The number of rotatable bonds is 5. The van der Waals surface area contributed by atoms with Crippen LogP contribution in [0.15, 0.2) is 32.6 Å². The molecule has 0 bridgehead atoms. The van der Waals surface area contributed by atoms with Crippen LogP contribution in [-0.4, -0.2) is 21.9 Å². The summed E-state index contributed by atoms with van der Waals surface area (Å²) in [4.78, 5) is 11.5. The van der Waals surface area contributed by atoms with E-state index < -0.39 is 0 Å². The quantitative estimate of drug-likeness (QED) is 0.848. The summed E-state index contributed by atoms with van der Waals surface area (Å²) in [6, 6.07) is 5.82. The molecule has 1 N–H and O–H groups in total. The third-order valence-electron chi connectivity index (χ3n) is 2.65. The van der Waals surface area contributed by atoms with Gasteiger partial charge in [0.15, 0.2) is 5.16 Å². The summed E-state index contributed by atoms with van der Waals surface area (Å²) in [5, 5.41) is 7.17. The second kappa shape index (κ2) is 6.29. The van der Waals surface area contributed by atoms with Crippen LogP contribution in [0.2, 0.25) is 0 Å². The van der Waals surface area contributed by atoms with Crippen molar-refractivity contribution in [2.75, 3.05) is 7.11 Å². The summed E-state index contributed by atoms with van der Waals surface area (Å²) in [6.07, 6.45) is 0. The predicted molar refractivity (Wildman–Crippen MR) is 78.8 cm³/mol. The van der Waals surface area contributed by atoms with Crippen LogP contribution in [0.25, 0.3) is 0 Å². The first-order valence-electron chi connectivity index (χ1n) is 5.76. The molecule has 102 valence electrons. The minimum atomic E-state index is -0.172. The van der Waals surface area contributed by atoms with Crippen molar-refractivity contribution in [1.29, 1.82) is 0 Å². The smallest absolute Gasteiger partial charge is 0.343 e. The van der Waals surface area contributed by atoms with E-state index in [1.165, 1.54) is 11.8 Å². The van der Waals surface area contributed by atoms with E-state index in [2.05, 4.69) is 26.1 Å². The summed E-state index contributed by atoms with van der Waals surface area (Å²) >= 11 is 5.02. The van der Waals surface area contributed by atoms with Gasteiger partial charge in [-0.05, 0) is 30.7 Å². The van der Waals surface area contributed by atoms with Crippen molar-refractivity contribution in [3.63, 3.8) is 0 Å². The van der Waals surface area contributed by atoms with Crippen LogP contribution in [-0.2, 0) is 12.3 Å². The first-order valence-corrected chi connectivity index (χ1v) is 7.54. The van der Waals surface area contributed by atoms with E-state index in [1.807, 2.05) is 25.1 Å². The lowest BCUT2D eigenvalue weighted by molar-refractivity contribution is 0.414. The van der Waals surface area contributed by atoms with E-state index in [-0.39, 0.29) is 5.69 Å². The molecule has 1 aromatic heterocycles. The third kappa shape index (κ3) is 3.22. The predicted octanol–water partition coefficient (Wildman–Crippen LogP) is 2.65. The number of nitrogens with zero attached hydrogens (tertiary/aromatic N) is 2. The van der Waals surface area contributed by atoms with Crippen molar-refractivity contribution in [1.82, 2.24) is 14.8 Å². The van der Waals surface area contributed by atoms with Gasteiger partial charge < -0.3 is 4.74 Å². The number of nitrogens with one attached hydrogen (secondary N) is 1. The zero-order valence-electron chi connectivity index (χ0n) is 10.6. The number of H-pyrrole nitrogens is 1. The summed E-state index contributed by atoms with van der Waals surface area (Å²) in [5.41, 5.74) is 0.928. The average Bonchev–Trinajstić information content (AvgIpc) is 2.78. The summed E-state index contributed by atoms with van der Waals surface area (Å²) in [5.74, 6) is 1.52. The average molecular weight is 344 g/mol. The van der Waals surface area contributed by atoms with Crippen molar-refractivity contribution >= 4 is 27.7 Å². The molecule has 0 aliphatic carbocycles. The minimum absolute atomic E-state index is 0.172. The monoisotopic (exact) mass is 343 g/mol. The molecule has 0 atom stereocenters. The number of thioether (sulfide) groups is 1. The molecule has 0 radical (unpaired) electrons. The molecule has 0 spiro atoms. The summed E-state index contributed by atoms with van der Waals surface area (Å²) in [7, 11) is 1.64. The van der Waals surface area contributed by atoms with Crippen molar-refractivity contribution < 1.29 is 4.74 Å². The van der Waals surface area contributed by atoms with Crippen LogP contribution < -0.4 is 10.4 Å². The largest absolute Gasteiger partial charge is 0.497 e. The molecule has 1 aromatic carbocycles. The van der Waals surface area contributed by atoms with Crippen LogP contribution in [0.3, 0.4) is 0 Å². The molecule has 2 rings (SSSR count). The molecule has 19 heavy (non-hydrogen) atoms. The number of benzene rings is 1. The molecule has 0 fully saturated rings. The molecule has 0 amide bonds. The Morgan fingerprint density at radius 2 is 2.32 bits per heavy atom. The van der Waals surface area contributed by atoms with E-state index in [0.29, 0.717) is 17.5 Å². The highest BCUT2D eigenvalue weighted by Crippen LogP contribution is 2.28. The molecule has 1 heterocycles. The second-order valence-corrected chi connectivity index (χ2v) is 5.60. The second-order valence-electron chi connectivity index (χ2n) is 3.80. The number of aromatic nitrogens is 3. The van der Waals surface area contributed by atoms with E-state index in [4.69, 9.17) is 4.74 Å². The Balaban J connectivity index is 2.16. The van der Waals surface area contributed by atoms with Gasteiger partial charge in [0.2, 0.25) is 0 Å². The first kappa shape index (κ1) is 14.2. The molecule has 2 aromatic rings. The highest BCUT2D eigenvalue weighted by molar-refractivity contribution is 9.10. The van der Waals surface area contributed by atoms with Crippen LogP contribution in [0.5, 0.6) is 5.75 Å². The standard InChI is InChI=1S/C12H14BrN3O2S/c1-3-16-11(17)14-15-12(16)19-7-8-6-9(18-2)4-5-10(8)13/h4-6H,3,7H2,1-2H3,(H,14,17). The van der Waals surface area contributed by atoms with E-state index in [1.54, 1.807) is 11.7 Å². The lowest BCUT2D eigenvalue weighted by Crippen LogP contribution is -2.16. The fourth-order valence-corrected chi connectivity index (χ4v) is 3.20. The van der Waals surface area contributed by atoms with Gasteiger partial charge in [0.25, 0.3) is 0 Å². The zero-order valence-corrected chi connectivity index (χ0v) is 13.0. The maximum absolute atomic E-state index is 11.5. The summed E-state index contributed by atoms with van der Waals surface area (Å²) < 4.78 is 7.83. The van der Waals surface area contributed by atoms with Gasteiger partial charge in [0.1, 0.15) is 5.75 Å². The van der Waals surface area contributed by atoms with E-state index in [0.717, 1.165) is 15.8 Å². The van der Waals surface area contributed by atoms with Crippen molar-refractivity contribution in [2.45, 2.75) is 24.4 Å². The van der Waals surface area contributed by atoms with Crippen molar-refractivity contribution in [3.8, 4) is 5.75 Å². The van der Waals surface area contributed by atoms with Gasteiger partial charge in [-0.25, -0.2) is 9.89 Å². The normalized spacial score (nSPS) is 10.7. The molecule has 0 unspecified atom stereocenters. The van der Waals surface area contributed by atoms with Crippen LogP contribution in [0.1, 0.15) is 12.5 Å². The van der Waals surface area contributed by atoms with Gasteiger partial charge in [0.05, 0.1) is 7.11 Å². The van der Waals surface area contributed by atoms with Gasteiger partial charge in [-0.1, -0.05) is 27.7 Å². The fourth-order valence-electron chi connectivity index (χ4n) is 1.62. The van der Waals surface area contributed by atoms with Crippen molar-refractivity contribution in [3.05, 3.63) is 38.7 Å². The zero-order chi connectivity index (χ0) is 13.8. The minimum Gasteiger partial charge on any atom is -0.497 e. The molecule has 0 aliphatic rings. The Bertz CT molecular complexity index is 624. The SMILES string of the molecule is CCn1c(SCc2cc(OC)ccc2Br)n[nH]c1=O. The number of aromatic amines is 1. The Morgan fingerprint density at radius 3 is 3.00 bits per heavy atom. The number of hydrogen-bond donors (Lipinski definition) is 1. The van der Waals surface area contributed by atoms with Gasteiger partial charge in [-0.15, -0.1) is 5.10 Å². The molecule has 7 heteroatoms. The molecule has 0 saturated carbocycles. The number of halogens is 1. The Hall–Kier alpha value is -1.21. The molecule has 0 saturated heterocycles. The van der Waals surface area contributed by atoms with E-state index in [9.17, 15) is 4.79 Å². The fraction of sp³-hybridized carbons (Fsp3) is 0.333. The third-order valence-corrected chi connectivity index (χ3v) is 4.45. The van der Waals surface area contributed by atoms with Gasteiger partial charge in [0, 0.05) is 16.8 Å². The Labute approximate surface area is 123 Å². The highest BCUT2D eigenvalue weighted by atomic mass is 79.9. The lowest BCUT2D eigenvalue weighted by Gasteiger charge is -2.07. The van der Waals surface area contributed by atoms with Crippen LogP contribution in [0, 0.1) is 0 Å². The van der Waals surface area contributed by atoms with Gasteiger partial charge >= 0.3 is 5.69 Å². The van der Waals surface area contributed by atoms with E-state index >= 15 is 0 Å². The topological polar surface area (TPSA) is 59.9 Å². The van der Waals surface area contributed by atoms with Crippen molar-refractivity contribution in [2.24, 2.45) is 0 Å². The Morgan fingerprint density at radius 1 is 1.53 bits per heavy atom. The molecular formula is C12H14BrN3O2S.